The molecule has 2 aromatic rings. The van der Waals surface area contributed by atoms with E-state index in [0.29, 0.717) is 11.4 Å². The maximum atomic E-state index is 12.7. The van der Waals surface area contributed by atoms with E-state index in [9.17, 15) is 8.42 Å². The van der Waals surface area contributed by atoms with Crippen molar-refractivity contribution < 1.29 is 13.2 Å². The average Bonchev–Trinajstić information content (AvgIpc) is 2.68. The minimum atomic E-state index is -3.68. The van der Waals surface area contributed by atoms with Gasteiger partial charge in [0.25, 0.3) is 10.0 Å². The van der Waals surface area contributed by atoms with Crippen LogP contribution in [0.5, 0.6) is 5.75 Å². The normalized spacial score (nSPS) is 29.2. The van der Waals surface area contributed by atoms with Crippen LogP contribution in [0.2, 0.25) is 0 Å². The van der Waals surface area contributed by atoms with Crippen molar-refractivity contribution in [2.24, 2.45) is 17.8 Å². The minimum Gasteiger partial charge on any atom is -0.491 e. The number of ether oxygens (including phenoxy) is 1. The summed E-state index contributed by atoms with van der Waals surface area (Å²) in [6, 6.07) is 10.1. The lowest BCUT2D eigenvalue weighted by Crippen LogP contribution is -2.54. The van der Waals surface area contributed by atoms with Crippen LogP contribution in [-0.4, -0.2) is 25.0 Å². The predicted molar refractivity (Wildman–Crippen MR) is 122 cm³/mol. The van der Waals surface area contributed by atoms with Crippen LogP contribution in [0.1, 0.15) is 52.4 Å². The molecule has 4 aliphatic carbocycles. The van der Waals surface area contributed by atoms with Gasteiger partial charge in [0.05, 0.1) is 22.9 Å². The van der Waals surface area contributed by atoms with Crippen LogP contribution in [-0.2, 0) is 10.0 Å². The molecule has 0 saturated heterocycles. The van der Waals surface area contributed by atoms with Gasteiger partial charge in [-0.25, -0.2) is 13.4 Å². The number of hydrogen-bond acceptors (Lipinski definition) is 5. The molecule has 4 fully saturated rings. The molecule has 1 aromatic carbocycles. The van der Waals surface area contributed by atoms with E-state index in [1.54, 1.807) is 36.5 Å². The van der Waals surface area contributed by atoms with Crippen LogP contribution in [0, 0.1) is 17.8 Å². The summed E-state index contributed by atoms with van der Waals surface area (Å²) in [5.41, 5.74) is 0.640. The van der Waals surface area contributed by atoms with Crippen molar-refractivity contribution in [1.82, 2.24) is 4.98 Å². The van der Waals surface area contributed by atoms with Gasteiger partial charge in [-0.2, -0.15) is 0 Å². The minimum absolute atomic E-state index is 0.0391. The first-order valence-corrected chi connectivity index (χ1v) is 12.8. The first-order valence-electron chi connectivity index (χ1n) is 11.3. The van der Waals surface area contributed by atoms with E-state index in [4.69, 9.17) is 4.74 Å². The number of rotatable bonds is 7. The Kier molecular flexibility index (Phi) is 5.12. The summed E-state index contributed by atoms with van der Waals surface area (Å²) in [7, 11) is -3.68. The molecule has 0 aliphatic heterocycles. The summed E-state index contributed by atoms with van der Waals surface area (Å²) >= 11 is 0. The molecule has 166 valence electrons. The molecular weight excluding hydrogens is 410 g/mol. The molecule has 6 nitrogen and oxygen atoms in total. The molecule has 7 heteroatoms. The average molecular weight is 442 g/mol. The zero-order valence-electron chi connectivity index (χ0n) is 18.2. The van der Waals surface area contributed by atoms with Gasteiger partial charge in [0, 0.05) is 5.54 Å². The summed E-state index contributed by atoms with van der Waals surface area (Å²) in [6.07, 6.45) is 9.57. The first-order chi connectivity index (χ1) is 14.8. The molecular formula is C24H31N3O3S. The van der Waals surface area contributed by atoms with Crippen molar-refractivity contribution in [3.63, 3.8) is 0 Å². The molecule has 4 saturated carbocycles. The molecule has 0 spiro atoms. The van der Waals surface area contributed by atoms with E-state index in [1.165, 1.54) is 38.5 Å². The van der Waals surface area contributed by atoms with Gasteiger partial charge in [0.1, 0.15) is 11.6 Å². The predicted octanol–water partition coefficient (Wildman–Crippen LogP) is 5.05. The standard InChI is InChI=1S/C24H31N3O3S/c1-16(2)30-21-4-6-22(7-5-21)31(28,29)27-20-3-8-23(25-15-20)26-24-12-17-9-18(13-24)11-19(10-17)14-24/h3-8,15-19,27H,9-14H2,1-2H3,(H,25,26). The third kappa shape index (κ3) is 4.38. The fourth-order valence-corrected chi connectivity index (χ4v) is 7.29. The highest BCUT2D eigenvalue weighted by atomic mass is 32.2. The Morgan fingerprint density at radius 2 is 1.58 bits per heavy atom. The van der Waals surface area contributed by atoms with Crippen LogP contribution in [0.3, 0.4) is 0 Å². The van der Waals surface area contributed by atoms with Gasteiger partial charge in [-0.1, -0.05) is 0 Å². The van der Waals surface area contributed by atoms with Crippen molar-refractivity contribution in [3.8, 4) is 5.75 Å². The summed E-state index contributed by atoms with van der Waals surface area (Å²) in [4.78, 5) is 4.72. The molecule has 0 atom stereocenters. The number of nitrogens with zero attached hydrogens (tertiary/aromatic N) is 1. The van der Waals surface area contributed by atoms with Crippen molar-refractivity contribution in [3.05, 3.63) is 42.6 Å². The van der Waals surface area contributed by atoms with Crippen LogP contribution >= 0.6 is 0 Å². The van der Waals surface area contributed by atoms with E-state index in [0.717, 1.165) is 23.6 Å². The Morgan fingerprint density at radius 3 is 2.10 bits per heavy atom. The highest BCUT2D eigenvalue weighted by Gasteiger charge is 2.51. The largest absolute Gasteiger partial charge is 0.491 e. The second kappa shape index (κ2) is 7.69. The Balaban J connectivity index is 1.25. The Morgan fingerprint density at radius 1 is 0.968 bits per heavy atom. The van der Waals surface area contributed by atoms with E-state index >= 15 is 0 Å². The van der Waals surface area contributed by atoms with Crippen molar-refractivity contribution in [1.29, 1.82) is 0 Å². The summed E-state index contributed by atoms with van der Waals surface area (Å²) < 4.78 is 33.7. The second-order valence-corrected chi connectivity index (χ2v) is 11.7. The number of pyridine rings is 1. The van der Waals surface area contributed by atoms with Gasteiger partial charge >= 0.3 is 0 Å². The lowest BCUT2D eigenvalue weighted by molar-refractivity contribution is 0.0105. The third-order valence-corrected chi connectivity index (χ3v) is 8.35. The fourth-order valence-electron chi connectivity index (χ4n) is 6.25. The Bertz CT molecular complexity index is 997. The highest BCUT2D eigenvalue weighted by Crippen LogP contribution is 2.56. The van der Waals surface area contributed by atoms with E-state index < -0.39 is 10.0 Å². The van der Waals surface area contributed by atoms with Crippen LogP contribution in [0.25, 0.3) is 0 Å². The van der Waals surface area contributed by atoms with E-state index in [2.05, 4.69) is 15.0 Å². The number of benzene rings is 1. The maximum absolute atomic E-state index is 12.7. The van der Waals surface area contributed by atoms with Crippen LogP contribution < -0.4 is 14.8 Å². The van der Waals surface area contributed by atoms with Gasteiger partial charge in [0.2, 0.25) is 0 Å². The van der Waals surface area contributed by atoms with Gasteiger partial charge in [-0.3, -0.25) is 4.72 Å². The summed E-state index contributed by atoms with van der Waals surface area (Å²) in [6.45, 7) is 3.86. The van der Waals surface area contributed by atoms with Gasteiger partial charge in [0.15, 0.2) is 0 Å². The number of hydrogen-bond donors (Lipinski definition) is 2. The number of aromatic nitrogens is 1. The third-order valence-electron chi connectivity index (χ3n) is 6.95. The molecule has 1 heterocycles. The zero-order valence-corrected chi connectivity index (χ0v) is 19.0. The number of nitrogens with one attached hydrogen (secondary N) is 2. The molecule has 1 aromatic heterocycles. The smallest absolute Gasteiger partial charge is 0.261 e. The van der Waals surface area contributed by atoms with Crippen molar-refractivity contribution >= 4 is 21.5 Å². The van der Waals surface area contributed by atoms with E-state index in [1.807, 2.05) is 19.9 Å². The quantitative estimate of drug-likeness (QED) is 0.628. The fraction of sp³-hybridized carbons (Fsp3) is 0.542. The molecule has 2 N–H and O–H groups in total. The van der Waals surface area contributed by atoms with Crippen LogP contribution in [0.4, 0.5) is 11.5 Å². The second-order valence-electron chi connectivity index (χ2n) is 10.00. The number of sulfonamides is 1. The van der Waals surface area contributed by atoms with Gasteiger partial charge in [-0.05, 0) is 107 Å². The van der Waals surface area contributed by atoms with Crippen molar-refractivity contribution in [2.45, 2.75) is 68.9 Å². The van der Waals surface area contributed by atoms with Gasteiger partial charge < -0.3 is 10.1 Å². The van der Waals surface area contributed by atoms with Crippen LogP contribution in [0.15, 0.2) is 47.5 Å². The Labute approximate surface area is 184 Å². The molecule has 31 heavy (non-hydrogen) atoms. The van der Waals surface area contributed by atoms with Gasteiger partial charge in [-0.15, -0.1) is 0 Å². The monoisotopic (exact) mass is 441 g/mol. The molecule has 4 aliphatic rings. The first kappa shape index (κ1) is 20.6. The van der Waals surface area contributed by atoms with E-state index in [-0.39, 0.29) is 16.5 Å². The molecule has 0 unspecified atom stereocenters. The molecule has 0 radical (unpaired) electrons. The molecule has 6 rings (SSSR count). The summed E-state index contributed by atoms with van der Waals surface area (Å²) in [5.74, 6) is 4.07. The summed E-state index contributed by atoms with van der Waals surface area (Å²) in [5, 5.41) is 3.73. The van der Waals surface area contributed by atoms with Crippen molar-refractivity contribution in [2.75, 3.05) is 10.0 Å². The number of anilines is 2. The topological polar surface area (TPSA) is 80.3 Å². The lowest BCUT2D eigenvalue weighted by Gasteiger charge is -2.57. The highest BCUT2D eigenvalue weighted by molar-refractivity contribution is 7.92. The lowest BCUT2D eigenvalue weighted by atomic mass is 9.53. The molecule has 0 amide bonds. The maximum Gasteiger partial charge on any atom is 0.261 e. The SMILES string of the molecule is CC(C)Oc1ccc(S(=O)(=O)Nc2ccc(NC34CC5CC(CC(C5)C3)C4)nc2)cc1. The Hall–Kier alpha value is -2.28. The zero-order chi connectivity index (χ0) is 21.6. The molecule has 4 bridgehead atoms.